The van der Waals surface area contributed by atoms with Gasteiger partial charge in [-0.05, 0) is 69.9 Å². The molecule has 118 valence electrons. The van der Waals surface area contributed by atoms with Gasteiger partial charge in [-0.2, -0.15) is 11.8 Å². The monoisotopic (exact) mass is 301 g/mol. The summed E-state index contributed by atoms with van der Waals surface area (Å²) in [6.45, 7) is 3.11. The molecule has 0 aliphatic carbocycles. The van der Waals surface area contributed by atoms with Crippen LogP contribution in [0.2, 0.25) is 0 Å². The minimum absolute atomic E-state index is 0.205. The highest BCUT2D eigenvalue weighted by Gasteiger charge is 2.40. The lowest BCUT2D eigenvalue weighted by Gasteiger charge is -2.45. The highest BCUT2D eigenvalue weighted by Crippen LogP contribution is 2.41. The van der Waals surface area contributed by atoms with Crippen LogP contribution in [0.4, 0.5) is 0 Å². The van der Waals surface area contributed by atoms with E-state index in [1.807, 2.05) is 7.11 Å². The molecule has 3 nitrogen and oxygen atoms in total. The molecule has 2 heterocycles. The first-order chi connectivity index (χ1) is 9.69. The maximum atomic E-state index is 6.21. The van der Waals surface area contributed by atoms with Crippen molar-refractivity contribution in [1.82, 2.24) is 5.32 Å². The number of methoxy groups -OCH3 is 1. The van der Waals surface area contributed by atoms with E-state index in [-0.39, 0.29) is 5.60 Å². The van der Waals surface area contributed by atoms with Gasteiger partial charge in [0.15, 0.2) is 0 Å². The molecule has 2 aliphatic heterocycles. The summed E-state index contributed by atoms with van der Waals surface area (Å²) in [6, 6.07) is 0.614. The van der Waals surface area contributed by atoms with Crippen molar-refractivity contribution in [3.63, 3.8) is 0 Å². The lowest BCUT2D eigenvalue weighted by molar-refractivity contribution is -0.107. The van der Waals surface area contributed by atoms with E-state index in [0.717, 1.165) is 18.9 Å². The summed E-state index contributed by atoms with van der Waals surface area (Å²) in [5.41, 5.74) is 0.205. The Morgan fingerprint density at radius 2 is 2.10 bits per heavy atom. The van der Waals surface area contributed by atoms with E-state index in [1.165, 1.54) is 43.6 Å². The standard InChI is InChI=1S/C16H31NO2S/c1-13(18-3)4-5-15(17-2)14-6-9-19-16(12-14)7-10-20-11-8-16/h13-15,17H,4-12H2,1-3H3. The zero-order valence-electron chi connectivity index (χ0n) is 13.3. The molecule has 3 unspecified atom stereocenters. The van der Waals surface area contributed by atoms with Gasteiger partial charge in [0.25, 0.3) is 0 Å². The molecular formula is C16H31NO2S. The molecule has 2 fully saturated rings. The highest BCUT2D eigenvalue weighted by atomic mass is 32.2. The molecule has 0 aromatic heterocycles. The summed E-state index contributed by atoms with van der Waals surface area (Å²) in [6.07, 6.45) is 7.68. The second-order valence-corrected chi connectivity index (χ2v) is 7.64. The number of hydrogen-bond donors (Lipinski definition) is 1. The quantitative estimate of drug-likeness (QED) is 0.817. The third-order valence-electron chi connectivity index (χ3n) is 5.16. The Kier molecular flexibility index (Phi) is 6.66. The molecule has 0 aromatic carbocycles. The summed E-state index contributed by atoms with van der Waals surface area (Å²) in [4.78, 5) is 0. The first-order valence-electron chi connectivity index (χ1n) is 8.11. The van der Waals surface area contributed by atoms with Crippen molar-refractivity contribution in [1.29, 1.82) is 0 Å². The number of nitrogens with one attached hydrogen (secondary N) is 1. The minimum Gasteiger partial charge on any atom is -0.382 e. The smallest absolute Gasteiger partial charge is 0.0701 e. The van der Waals surface area contributed by atoms with E-state index < -0.39 is 0 Å². The molecule has 2 rings (SSSR count). The van der Waals surface area contributed by atoms with Crippen molar-refractivity contribution in [3.05, 3.63) is 0 Å². The van der Waals surface area contributed by atoms with Gasteiger partial charge in [0, 0.05) is 19.8 Å². The maximum absolute atomic E-state index is 6.21. The maximum Gasteiger partial charge on any atom is 0.0701 e. The van der Waals surface area contributed by atoms with Crippen LogP contribution in [0.25, 0.3) is 0 Å². The van der Waals surface area contributed by atoms with Gasteiger partial charge in [-0.15, -0.1) is 0 Å². The Hall–Kier alpha value is 0.230. The molecule has 4 heteroatoms. The normalized spacial score (nSPS) is 29.2. The fourth-order valence-electron chi connectivity index (χ4n) is 3.65. The van der Waals surface area contributed by atoms with E-state index in [2.05, 4.69) is 31.1 Å². The van der Waals surface area contributed by atoms with Crippen LogP contribution in [0.3, 0.4) is 0 Å². The topological polar surface area (TPSA) is 30.5 Å². The van der Waals surface area contributed by atoms with Crippen molar-refractivity contribution in [3.8, 4) is 0 Å². The van der Waals surface area contributed by atoms with Gasteiger partial charge >= 0.3 is 0 Å². The van der Waals surface area contributed by atoms with Gasteiger partial charge in [-0.1, -0.05) is 0 Å². The SMILES string of the molecule is CNC(CCC(C)OC)C1CCOC2(CCSCC2)C1. The Bertz CT molecular complexity index is 276. The number of thioether (sulfide) groups is 1. The van der Waals surface area contributed by atoms with Crippen LogP contribution in [0.15, 0.2) is 0 Å². The van der Waals surface area contributed by atoms with Gasteiger partial charge in [0.2, 0.25) is 0 Å². The van der Waals surface area contributed by atoms with E-state index in [4.69, 9.17) is 9.47 Å². The second kappa shape index (κ2) is 8.02. The van der Waals surface area contributed by atoms with Crippen molar-refractivity contribution in [2.45, 2.75) is 63.2 Å². The summed E-state index contributed by atoms with van der Waals surface area (Å²) in [7, 11) is 3.92. The zero-order valence-corrected chi connectivity index (χ0v) is 14.1. The average molecular weight is 301 g/mol. The molecular weight excluding hydrogens is 270 g/mol. The largest absolute Gasteiger partial charge is 0.382 e. The molecule has 1 spiro atoms. The number of hydrogen-bond acceptors (Lipinski definition) is 4. The summed E-state index contributed by atoms with van der Waals surface area (Å²) in [5.74, 6) is 3.32. The Morgan fingerprint density at radius 3 is 2.75 bits per heavy atom. The summed E-state index contributed by atoms with van der Waals surface area (Å²) < 4.78 is 11.6. The summed E-state index contributed by atoms with van der Waals surface area (Å²) >= 11 is 2.08. The molecule has 0 aromatic rings. The van der Waals surface area contributed by atoms with Gasteiger partial charge in [0.05, 0.1) is 11.7 Å². The van der Waals surface area contributed by atoms with Gasteiger partial charge in [-0.25, -0.2) is 0 Å². The zero-order chi connectivity index (χ0) is 14.4. The molecule has 20 heavy (non-hydrogen) atoms. The first-order valence-corrected chi connectivity index (χ1v) is 9.26. The Balaban J connectivity index is 1.88. The molecule has 2 aliphatic rings. The summed E-state index contributed by atoms with van der Waals surface area (Å²) in [5, 5.41) is 3.56. The van der Waals surface area contributed by atoms with E-state index in [1.54, 1.807) is 0 Å². The molecule has 3 atom stereocenters. The molecule has 0 amide bonds. The van der Waals surface area contributed by atoms with Crippen LogP contribution in [0, 0.1) is 5.92 Å². The molecule has 1 N–H and O–H groups in total. The van der Waals surface area contributed by atoms with Crippen molar-refractivity contribution in [2.75, 3.05) is 32.3 Å². The average Bonchev–Trinajstić information content (AvgIpc) is 2.48. The fourth-order valence-corrected chi connectivity index (χ4v) is 4.89. The van der Waals surface area contributed by atoms with Crippen LogP contribution < -0.4 is 5.32 Å². The lowest BCUT2D eigenvalue weighted by Crippen LogP contribution is -2.48. The third-order valence-corrected chi connectivity index (χ3v) is 6.15. The molecule has 0 radical (unpaired) electrons. The van der Waals surface area contributed by atoms with Crippen molar-refractivity contribution in [2.24, 2.45) is 5.92 Å². The Morgan fingerprint density at radius 1 is 1.35 bits per heavy atom. The van der Waals surface area contributed by atoms with Crippen LogP contribution in [0.5, 0.6) is 0 Å². The van der Waals surface area contributed by atoms with E-state index in [9.17, 15) is 0 Å². The van der Waals surface area contributed by atoms with Gasteiger partial charge in [0.1, 0.15) is 0 Å². The number of ether oxygens (including phenoxy) is 2. The van der Waals surface area contributed by atoms with Gasteiger partial charge < -0.3 is 14.8 Å². The van der Waals surface area contributed by atoms with Crippen molar-refractivity contribution >= 4 is 11.8 Å². The van der Waals surface area contributed by atoms with Crippen LogP contribution in [-0.4, -0.2) is 50.0 Å². The highest BCUT2D eigenvalue weighted by molar-refractivity contribution is 7.99. The predicted octanol–water partition coefficient (Wildman–Crippen LogP) is 3.08. The van der Waals surface area contributed by atoms with Crippen molar-refractivity contribution < 1.29 is 9.47 Å². The van der Waals surface area contributed by atoms with E-state index >= 15 is 0 Å². The molecule has 2 saturated heterocycles. The number of rotatable bonds is 6. The second-order valence-electron chi connectivity index (χ2n) is 6.42. The first kappa shape index (κ1) is 16.6. The van der Waals surface area contributed by atoms with Crippen LogP contribution in [0.1, 0.15) is 45.4 Å². The molecule has 0 saturated carbocycles. The van der Waals surface area contributed by atoms with Crippen LogP contribution in [-0.2, 0) is 9.47 Å². The predicted molar refractivity (Wildman–Crippen MR) is 86.5 cm³/mol. The Labute approximate surface area is 128 Å². The van der Waals surface area contributed by atoms with Crippen LogP contribution >= 0.6 is 11.8 Å². The lowest BCUT2D eigenvalue weighted by atomic mass is 9.77. The third kappa shape index (κ3) is 4.36. The fraction of sp³-hybridized carbons (Fsp3) is 1.00. The van der Waals surface area contributed by atoms with Gasteiger partial charge in [-0.3, -0.25) is 0 Å². The van der Waals surface area contributed by atoms with E-state index in [0.29, 0.717) is 12.1 Å². The molecule has 0 bridgehead atoms. The minimum atomic E-state index is 0.205.